The van der Waals surface area contributed by atoms with E-state index in [0.717, 1.165) is 19.6 Å². The molecule has 0 spiro atoms. The molecule has 5 heteroatoms. The van der Waals surface area contributed by atoms with E-state index >= 15 is 0 Å². The number of benzene rings is 1. The van der Waals surface area contributed by atoms with Gasteiger partial charge in [-0.15, -0.1) is 0 Å². The molecule has 0 aromatic heterocycles. The standard InChI is InChI=1S/C16H22N2O3/c17-13-11-16-15(20-8-9-21-16)10-12(13)14(19)4-7-18-5-2-1-3-6-18/h10-11H,1-9,17H2. The largest absolute Gasteiger partial charge is 0.486 e. The van der Waals surface area contributed by atoms with E-state index in [1.165, 1.54) is 19.3 Å². The molecule has 0 amide bonds. The maximum Gasteiger partial charge on any atom is 0.166 e. The zero-order valence-corrected chi connectivity index (χ0v) is 12.3. The van der Waals surface area contributed by atoms with Gasteiger partial charge in [-0.1, -0.05) is 6.42 Å². The predicted octanol–water partition coefficient (Wildman–Crippen LogP) is 2.10. The second-order valence-corrected chi connectivity index (χ2v) is 5.66. The number of fused-ring (bicyclic) bond motifs is 1. The summed E-state index contributed by atoms with van der Waals surface area (Å²) in [6, 6.07) is 3.42. The van der Waals surface area contributed by atoms with Crippen LogP contribution < -0.4 is 15.2 Å². The van der Waals surface area contributed by atoms with Gasteiger partial charge in [0.15, 0.2) is 17.3 Å². The topological polar surface area (TPSA) is 64.8 Å². The highest BCUT2D eigenvalue weighted by atomic mass is 16.6. The van der Waals surface area contributed by atoms with E-state index < -0.39 is 0 Å². The summed E-state index contributed by atoms with van der Waals surface area (Å²) in [4.78, 5) is 14.7. The Labute approximate surface area is 125 Å². The first-order valence-electron chi connectivity index (χ1n) is 7.69. The fourth-order valence-corrected chi connectivity index (χ4v) is 2.92. The molecule has 1 aromatic carbocycles. The molecule has 0 bridgehead atoms. The second kappa shape index (κ2) is 6.35. The first kappa shape index (κ1) is 14.2. The van der Waals surface area contributed by atoms with Crippen molar-refractivity contribution in [2.75, 3.05) is 38.6 Å². The molecule has 1 fully saturated rings. The van der Waals surface area contributed by atoms with E-state index in [2.05, 4.69) is 4.90 Å². The van der Waals surface area contributed by atoms with Crippen LogP contribution in [0.1, 0.15) is 36.0 Å². The van der Waals surface area contributed by atoms with Crippen LogP contribution in [-0.4, -0.2) is 43.5 Å². The number of carbonyl (C=O) groups excluding carboxylic acids is 1. The van der Waals surface area contributed by atoms with Crippen molar-refractivity contribution < 1.29 is 14.3 Å². The lowest BCUT2D eigenvalue weighted by Gasteiger charge is -2.26. The third kappa shape index (κ3) is 3.29. The van der Waals surface area contributed by atoms with E-state index in [9.17, 15) is 4.79 Å². The number of carbonyl (C=O) groups is 1. The van der Waals surface area contributed by atoms with Crippen LogP contribution in [-0.2, 0) is 0 Å². The quantitative estimate of drug-likeness (QED) is 0.679. The molecule has 2 aliphatic rings. The molecule has 21 heavy (non-hydrogen) atoms. The lowest BCUT2D eigenvalue weighted by atomic mass is 10.0. The number of nitrogens with zero attached hydrogens (tertiary/aromatic N) is 1. The molecule has 0 atom stereocenters. The van der Waals surface area contributed by atoms with Crippen molar-refractivity contribution in [3.63, 3.8) is 0 Å². The molecule has 0 saturated carbocycles. The van der Waals surface area contributed by atoms with Crippen molar-refractivity contribution in [2.24, 2.45) is 0 Å². The summed E-state index contributed by atoms with van der Waals surface area (Å²) in [5.74, 6) is 1.33. The zero-order valence-electron chi connectivity index (χ0n) is 12.3. The number of ether oxygens (including phenoxy) is 2. The van der Waals surface area contributed by atoms with Crippen LogP contribution in [0, 0.1) is 0 Å². The Hall–Kier alpha value is -1.75. The molecule has 114 valence electrons. The lowest BCUT2D eigenvalue weighted by molar-refractivity contribution is 0.0958. The monoisotopic (exact) mass is 290 g/mol. The van der Waals surface area contributed by atoms with Crippen molar-refractivity contribution >= 4 is 11.5 Å². The molecule has 5 nitrogen and oxygen atoms in total. The van der Waals surface area contributed by atoms with Crippen molar-refractivity contribution in [3.05, 3.63) is 17.7 Å². The number of likely N-dealkylation sites (tertiary alicyclic amines) is 1. The van der Waals surface area contributed by atoms with Gasteiger partial charge < -0.3 is 20.1 Å². The minimum absolute atomic E-state index is 0.0787. The summed E-state index contributed by atoms with van der Waals surface area (Å²) < 4.78 is 11.0. The maximum absolute atomic E-state index is 12.4. The third-order valence-electron chi connectivity index (χ3n) is 4.12. The molecule has 0 radical (unpaired) electrons. The van der Waals surface area contributed by atoms with Gasteiger partial charge in [-0.2, -0.15) is 0 Å². The Balaban J connectivity index is 1.66. The third-order valence-corrected chi connectivity index (χ3v) is 4.12. The lowest BCUT2D eigenvalue weighted by Crippen LogP contribution is -2.31. The van der Waals surface area contributed by atoms with Gasteiger partial charge in [-0.05, 0) is 32.0 Å². The number of Topliss-reactive ketones (excluding diaryl/α,β-unsaturated/α-hetero) is 1. The van der Waals surface area contributed by atoms with Crippen LogP contribution in [0.4, 0.5) is 5.69 Å². The summed E-state index contributed by atoms with van der Waals surface area (Å²) in [6.45, 7) is 4.05. The molecular formula is C16H22N2O3. The number of nitrogens with two attached hydrogens (primary N) is 1. The summed E-state index contributed by atoms with van der Waals surface area (Å²) in [7, 11) is 0. The Morgan fingerprint density at radius 2 is 1.76 bits per heavy atom. The highest BCUT2D eigenvalue weighted by Gasteiger charge is 2.19. The average Bonchev–Trinajstić information content (AvgIpc) is 2.53. The fraction of sp³-hybridized carbons (Fsp3) is 0.562. The number of anilines is 1. The van der Waals surface area contributed by atoms with Crippen LogP contribution in [0.5, 0.6) is 11.5 Å². The molecule has 0 aliphatic carbocycles. The summed E-state index contributed by atoms with van der Waals surface area (Å²) in [5.41, 5.74) is 7.01. The van der Waals surface area contributed by atoms with Crippen molar-refractivity contribution in [1.82, 2.24) is 4.90 Å². The Morgan fingerprint density at radius 3 is 2.48 bits per heavy atom. The maximum atomic E-state index is 12.4. The SMILES string of the molecule is Nc1cc2c(cc1C(=O)CCN1CCCCC1)OCCO2. The van der Waals surface area contributed by atoms with E-state index in [4.69, 9.17) is 15.2 Å². The summed E-state index contributed by atoms with van der Waals surface area (Å²) in [6.07, 6.45) is 4.28. The highest BCUT2D eigenvalue weighted by Crippen LogP contribution is 2.34. The molecule has 3 rings (SSSR count). The number of hydrogen-bond donors (Lipinski definition) is 1. The first-order valence-corrected chi connectivity index (χ1v) is 7.69. The van der Waals surface area contributed by atoms with Crippen LogP contribution in [0.3, 0.4) is 0 Å². The van der Waals surface area contributed by atoms with Crippen LogP contribution in [0.2, 0.25) is 0 Å². The molecule has 0 unspecified atom stereocenters. The highest BCUT2D eigenvalue weighted by molar-refractivity contribution is 6.01. The van der Waals surface area contributed by atoms with Gasteiger partial charge >= 0.3 is 0 Å². The average molecular weight is 290 g/mol. The molecular weight excluding hydrogens is 268 g/mol. The van der Waals surface area contributed by atoms with Gasteiger partial charge in [0.2, 0.25) is 0 Å². The number of rotatable bonds is 4. The van der Waals surface area contributed by atoms with E-state index in [-0.39, 0.29) is 5.78 Å². The molecule has 2 aliphatic heterocycles. The van der Waals surface area contributed by atoms with Gasteiger partial charge in [0.05, 0.1) is 0 Å². The minimum Gasteiger partial charge on any atom is -0.486 e. The Bertz CT molecular complexity index is 524. The zero-order chi connectivity index (χ0) is 14.7. The van der Waals surface area contributed by atoms with Crippen LogP contribution in [0.25, 0.3) is 0 Å². The predicted molar refractivity (Wildman–Crippen MR) is 81.1 cm³/mol. The van der Waals surface area contributed by atoms with Crippen molar-refractivity contribution in [2.45, 2.75) is 25.7 Å². The fourth-order valence-electron chi connectivity index (χ4n) is 2.92. The second-order valence-electron chi connectivity index (χ2n) is 5.66. The van der Waals surface area contributed by atoms with Crippen LogP contribution in [0.15, 0.2) is 12.1 Å². The summed E-state index contributed by atoms with van der Waals surface area (Å²) >= 11 is 0. The van der Waals surface area contributed by atoms with Crippen LogP contribution >= 0.6 is 0 Å². The van der Waals surface area contributed by atoms with Crippen molar-refractivity contribution in [3.8, 4) is 11.5 Å². The van der Waals surface area contributed by atoms with Gasteiger partial charge in [0.25, 0.3) is 0 Å². The van der Waals surface area contributed by atoms with Gasteiger partial charge in [0.1, 0.15) is 13.2 Å². The van der Waals surface area contributed by atoms with Crippen molar-refractivity contribution in [1.29, 1.82) is 0 Å². The number of nitrogen functional groups attached to an aromatic ring is 1. The minimum atomic E-state index is 0.0787. The molecule has 2 heterocycles. The normalized spacial score (nSPS) is 18.5. The van der Waals surface area contributed by atoms with E-state index in [0.29, 0.717) is 42.4 Å². The van der Waals surface area contributed by atoms with Gasteiger partial charge in [-0.3, -0.25) is 4.79 Å². The Morgan fingerprint density at radius 1 is 1.10 bits per heavy atom. The number of piperidine rings is 1. The molecule has 1 saturated heterocycles. The van der Waals surface area contributed by atoms with Gasteiger partial charge in [-0.25, -0.2) is 0 Å². The molecule has 1 aromatic rings. The van der Waals surface area contributed by atoms with Gasteiger partial charge in [0, 0.05) is 30.3 Å². The summed E-state index contributed by atoms with van der Waals surface area (Å²) in [5, 5.41) is 0. The van der Waals surface area contributed by atoms with E-state index in [1.54, 1.807) is 12.1 Å². The number of ketones is 1. The first-order chi connectivity index (χ1) is 10.2. The molecule has 2 N–H and O–H groups in total. The number of hydrogen-bond acceptors (Lipinski definition) is 5. The Kier molecular flexibility index (Phi) is 4.29. The smallest absolute Gasteiger partial charge is 0.166 e. The van der Waals surface area contributed by atoms with E-state index in [1.807, 2.05) is 0 Å².